The van der Waals surface area contributed by atoms with Gasteiger partial charge >= 0.3 is 0 Å². The SMILES string of the molecule is O=C(CCc1ccccc1)NCO. The highest BCUT2D eigenvalue weighted by atomic mass is 16.3. The number of aliphatic hydroxyl groups is 1. The van der Waals surface area contributed by atoms with E-state index in [1.165, 1.54) is 0 Å². The monoisotopic (exact) mass is 179 g/mol. The molecule has 13 heavy (non-hydrogen) atoms. The van der Waals surface area contributed by atoms with Crippen LogP contribution in [0.4, 0.5) is 0 Å². The van der Waals surface area contributed by atoms with Crippen LogP contribution in [0.1, 0.15) is 12.0 Å². The molecule has 0 radical (unpaired) electrons. The molecule has 0 fully saturated rings. The Kier molecular flexibility index (Phi) is 3.99. The normalized spacial score (nSPS) is 9.62. The molecule has 0 aliphatic rings. The Morgan fingerprint density at radius 1 is 1.31 bits per heavy atom. The van der Waals surface area contributed by atoms with Crippen molar-refractivity contribution >= 4 is 5.91 Å². The van der Waals surface area contributed by atoms with Crippen molar-refractivity contribution in [1.82, 2.24) is 5.32 Å². The Hall–Kier alpha value is -1.35. The summed E-state index contributed by atoms with van der Waals surface area (Å²) in [6, 6.07) is 9.79. The summed E-state index contributed by atoms with van der Waals surface area (Å²) in [7, 11) is 0. The van der Waals surface area contributed by atoms with Crippen LogP contribution in [0, 0.1) is 0 Å². The van der Waals surface area contributed by atoms with Crippen molar-refractivity contribution in [3.8, 4) is 0 Å². The number of rotatable bonds is 4. The smallest absolute Gasteiger partial charge is 0.222 e. The lowest BCUT2D eigenvalue weighted by atomic mass is 10.1. The number of hydrogen-bond donors (Lipinski definition) is 2. The molecular weight excluding hydrogens is 166 g/mol. The van der Waals surface area contributed by atoms with Gasteiger partial charge in [0.25, 0.3) is 0 Å². The van der Waals surface area contributed by atoms with Gasteiger partial charge in [0.05, 0.1) is 0 Å². The van der Waals surface area contributed by atoms with E-state index in [0.29, 0.717) is 12.8 Å². The van der Waals surface area contributed by atoms with Crippen LogP contribution in [-0.4, -0.2) is 17.7 Å². The third-order valence-corrected chi connectivity index (χ3v) is 1.76. The highest BCUT2D eigenvalue weighted by Gasteiger charge is 1.99. The summed E-state index contributed by atoms with van der Waals surface area (Å²) < 4.78 is 0. The average Bonchev–Trinajstić information content (AvgIpc) is 2.17. The molecule has 3 nitrogen and oxygen atoms in total. The standard InChI is InChI=1S/C10H13NO2/c12-8-11-10(13)7-6-9-4-2-1-3-5-9/h1-5,12H,6-8H2,(H,11,13). The van der Waals surface area contributed by atoms with Crippen molar-refractivity contribution in [2.45, 2.75) is 12.8 Å². The molecule has 0 saturated heterocycles. The predicted octanol–water partition coefficient (Wildman–Crippen LogP) is 0.685. The van der Waals surface area contributed by atoms with Crippen LogP contribution in [0.15, 0.2) is 30.3 Å². The number of aryl methyl sites for hydroxylation is 1. The van der Waals surface area contributed by atoms with Crippen molar-refractivity contribution in [2.75, 3.05) is 6.73 Å². The molecule has 0 atom stereocenters. The topological polar surface area (TPSA) is 49.3 Å². The largest absolute Gasteiger partial charge is 0.377 e. The van der Waals surface area contributed by atoms with Crippen molar-refractivity contribution in [3.63, 3.8) is 0 Å². The second-order valence-electron chi connectivity index (χ2n) is 2.74. The van der Waals surface area contributed by atoms with E-state index in [-0.39, 0.29) is 12.6 Å². The molecule has 1 aromatic rings. The Labute approximate surface area is 77.4 Å². The lowest BCUT2D eigenvalue weighted by Crippen LogP contribution is -2.24. The van der Waals surface area contributed by atoms with E-state index >= 15 is 0 Å². The van der Waals surface area contributed by atoms with E-state index in [2.05, 4.69) is 5.32 Å². The fraction of sp³-hybridized carbons (Fsp3) is 0.300. The minimum absolute atomic E-state index is 0.119. The number of benzene rings is 1. The van der Waals surface area contributed by atoms with Gasteiger partial charge in [-0.3, -0.25) is 4.79 Å². The van der Waals surface area contributed by atoms with E-state index in [0.717, 1.165) is 5.56 Å². The summed E-state index contributed by atoms with van der Waals surface area (Å²) >= 11 is 0. The molecule has 2 N–H and O–H groups in total. The van der Waals surface area contributed by atoms with Crippen LogP contribution in [0.25, 0.3) is 0 Å². The highest BCUT2D eigenvalue weighted by Crippen LogP contribution is 2.01. The van der Waals surface area contributed by atoms with Crippen LogP contribution in [0.3, 0.4) is 0 Å². The zero-order chi connectivity index (χ0) is 9.52. The van der Waals surface area contributed by atoms with Crippen LogP contribution < -0.4 is 5.32 Å². The molecular formula is C10H13NO2. The molecule has 0 bridgehead atoms. The van der Waals surface area contributed by atoms with Gasteiger partial charge in [0, 0.05) is 6.42 Å². The second-order valence-corrected chi connectivity index (χ2v) is 2.74. The summed E-state index contributed by atoms with van der Waals surface area (Å²) in [5, 5.41) is 10.7. The van der Waals surface area contributed by atoms with Gasteiger partial charge < -0.3 is 10.4 Å². The Bertz CT molecular complexity index is 259. The van der Waals surface area contributed by atoms with E-state index in [9.17, 15) is 4.79 Å². The predicted molar refractivity (Wildman–Crippen MR) is 50.0 cm³/mol. The third-order valence-electron chi connectivity index (χ3n) is 1.76. The molecule has 0 heterocycles. The fourth-order valence-electron chi connectivity index (χ4n) is 1.08. The number of hydrogen-bond acceptors (Lipinski definition) is 2. The van der Waals surface area contributed by atoms with Crippen molar-refractivity contribution in [2.24, 2.45) is 0 Å². The van der Waals surface area contributed by atoms with Crippen LogP contribution in [0.2, 0.25) is 0 Å². The Morgan fingerprint density at radius 2 is 2.00 bits per heavy atom. The Morgan fingerprint density at radius 3 is 2.62 bits per heavy atom. The zero-order valence-electron chi connectivity index (χ0n) is 7.36. The van der Waals surface area contributed by atoms with Crippen molar-refractivity contribution in [1.29, 1.82) is 0 Å². The molecule has 0 aromatic heterocycles. The first-order chi connectivity index (χ1) is 6.33. The summed E-state index contributed by atoms with van der Waals surface area (Å²) in [5.74, 6) is -0.119. The summed E-state index contributed by atoms with van der Waals surface area (Å²) in [6.07, 6.45) is 1.14. The maximum absolute atomic E-state index is 10.9. The minimum Gasteiger partial charge on any atom is -0.377 e. The van der Waals surface area contributed by atoms with Gasteiger partial charge in [0.2, 0.25) is 5.91 Å². The molecule has 70 valence electrons. The molecule has 0 aliphatic heterocycles. The third kappa shape index (κ3) is 3.71. The first-order valence-electron chi connectivity index (χ1n) is 4.24. The minimum atomic E-state index is -0.284. The molecule has 0 unspecified atom stereocenters. The number of nitrogens with one attached hydrogen (secondary N) is 1. The van der Waals surface area contributed by atoms with Crippen LogP contribution in [-0.2, 0) is 11.2 Å². The van der Waals surface area contributed by atoms with Gasteiger partial charge in [-0.25, -0.2) is 0 Å². The lowest BCUT2D eigenvalue weighted by Gasteiger charge is -2.01. The van der Waals surface area contributed by atoms with Gasteiger partial charge in [-0.15, -0.1) is 0 Å². The van der Waals surface area contributed by atoms with E-state index in [1.54, 1.807) is 0 Å². The first kappa shape index (κ1) is 9.74. The summed E-state index contributed by atoms with van der Waals surface area (Å²) in [5.41, 5.74) is 1.13. The van der Waals surface area contributed by atoms with Gasteiger partial charge in [0.15, 0.2) is 0 Å². The van der Waals surface area contributed by atoms with Gasteiger partial charge in [-0.1, -0.05) is 30.3 Å². The fourth-order valence-corrected chi connectivity index (χ4v) is 1.08. The summed E-state index contributed by atoms with van der Waals surface area (Å²) in [6.45, 7) is -0.284. The van der Waals surface area contributed by atoms with Gasteiger partial charge in [0.1, 0.15) is 6.73 Å². The Balaban J connectivity index is 2.31. The second kappa shape index (κ2) is 5.32. The molecule has 0 aliphatic carbocycles. The zero-order valence-corrected chi connectivity index (χ0v) is 7.36. The van der Waals surface area contributed by atoms with Crippen LogP contribution >= 0.6 is 0 Å². The lowest BCUT2D eigenvalue weighted by molar-refractivity contribution is -0.122. The van der Waals surface area contributed by atoms with Crippen molar-refractivity contribution in [3.05, 3.63) is 35.9 Å². The number of amides is 1. The quantitative estimate of drug-likeness (QED) is 0.668. The maximum atomic E-state index is 10.9. The maximum Gasteiger partial charge on any atom is 0.222 e. The van der Waals surface area contributed by atoms with E-state index in [1.807, 2.05) is 30.3 Å². The molecule has 0 saturated carbocycles. The molecule has 3 heteroatoms. The number of carbonyl (C=O) groups excluding carboxylic acids is 1. The van der Waals surface area contributed by atoms with Crippen molar-refractivity contribution < 1.29 is 9.90 Å². The van der Waals surface area contributed by atoms with Crippen LogP contribution in [0.5, 0.6) is 0 Å². The first-order valence-corrected chi connectivity index (χ1v) is 4.24. The van der Waals surface area contributed by atoms with E-state index in [4.69, 9.17) is 5.11 Å². The molecule has 1 amide bonds. The number of aliphatic hydroxyl groups excluding tert-OH is 1. The van der Waals surface area contributed by atoms with Gasteiger partial charge in [-0.05, 0) is 12.0 Å². The molecule has 0 spiro atoms. The average molecular weight is 179 g/mol. The molecule has 1 aromatic carbocycles. The number of carbonyl (C=O) groups is 1. The van der Waals surface area contributed by atoms with Gasteiger partial charge in [-0.2, -0.15) is 0 Å². The summed E-state index contributed by atoms with van der Waals surface area (Å²) in [4.78, 5) is 10.9. The molecule has 1 rings (SSSR count). The van der Waals surface area contributed by atoms with E-state index < -0.39 is 0 Å². The highest BCUT2D eigenvalue weighted by molar-refractivity contribution is 5.75.